The third-order valence-corrected chi connectivity index (χ3v) is 17.0. The summed E-state index contributed by atoms with van der Waals surface area (Å²) >= 11 is 0. The van der Waals surface area contributed by atoms with E-state index in [1.165, 1.54) is 30.1 Å². The van der Waals surface area contributed by atoms with Crippen molar-refractivity contribution in [1.82, 2.24) is 26.4 Å². The summed E-state index contributed by atoms with van der Waals surface area (Å²) in [5.74, 6) is -5.83. The Hall–Kier alpha value is -5.24. The number of Topliss-reactive ketones (excluding diaryl/α,β-unsaturated/α-hetero) is 1. The highest BCUT2D eigenvalue weighted by molar-refractivity contribution is 5.93. The molecule has 1 aliphatic carbocycles. The van der Waals surface area contributed by atoms with Crippen LogP contribution in [0.25, 0.3) is 0 Å². The predicted octanol–water partition coefficient (Wildman–Crippen LogP) is 4.77. The van der Waals surface area contributed by atoms with E-state index in [1.54, 1.807) is 51.1 Å². The Balaban J connectivity index is 1.18. The third-order valence-electron chi connectivity index (χ3n) is 17.0. The van der Waals surface area contributed by atoms with Crippen LogP contribution in [0, 0.1) is 47.3 Å². The van der Waals surface area contributed by atoms with Crippen LogP contribution in [0.3, 0.4) is 0 Å². The largest absolute Gasteiger partial charge is 0.508 e. The first-order valence-corrected chi connectivity index (χ1v) is 28.1. The number of amides is 4. The van der Waals surface area contributed by atoms with Crippen molar-refractivity contribution in [3.8, 4) is 5.75 Å². The number of benzene rings is 1. The molecule has 4 amide bonds. The van der Waals surface area contributed by atoms with Gasteiger partial charge in [-0.1, -0.05) is 96.2 Å². The second-order valence-corrected chi connectivity index (χ2v) is 23.0. The van der Waals surface area contributed by atoms with Crippen LogP contribution in [0.2, 0.25) is 0 Å². The molecule has 3 saturated heterocycles. The van der Waals surface area contributed by atoms with Crippen molar-refractivity contribution in [3.63, 3.8) is 0 Å². The normalized spacial score (nSPS) is 35.6. The number of cyclic esters (lactones) is 1. The highest BCUT2D eigenvalue weighted by atomic mass is 16.5. The van der Waals surface area contributed by atoms with Crippen molar-refractivity contribution in [3.05, 3.63) is 77.9 Å². The number of phenolic OH excluding ortho intramolecular Hbond substituents is 1. The Morgan fingerprint density at radius 3 is 2.42 bits per heavy atom. The lowest BCUT2D eigenvalue weighted by atomic mass is 9.55. The monoisotopic (exact) mass is 1070 g/mol. The maximum atomic E-state index is 14.5. The number of piperidine rings is 1. The molecule has 1 aromatic rings. The first-order chi connectivity index (χ1) is 36.5. The lowest BCUT2D eigenvalue weighted by molar-refractivity contribution is -0.320. The summed E-state index contributed by atoms with van der Waals surface area (Å²) in [5, 5.41) is 65.9. The van der Waals surface area contributed by atoms with Gasteiger partial charge in [-0.3, -0.25) is 29.0 Å². The van der Waals surface area contributed by atoms with Crippen LogP contribution in [-0.2, 0) is 44.7 Å². The second-order valence-electron chi connectivity index (χ2n) is 23.0. The zero-order valence-corrected chi connectivity index (χ0v) is 46.3. The molecule has 77 heavy (non-hydrogen) atoms. The highest BCUT2D eigenvalue weighted by Crippen LogP contribution is 2.57. The highest BCUT2D eigenvalue weighted by Gasteiger charge is 2.67. The molecule has 5 aliphatic rings. The number of aliphatic hydroxyl groups is 4. The number of aromatic hydroxyl groups is 1. The molecule has 4 aliphatic heterocycles. The summed E-state index contributed by atoms with van der Waals surface area (Å²) in [6.45, 7) is 14.4. The molecule has 426 valence electrons. The summed E-state index contributed by atoms with van der Waals surface area (Å²) in [4.78, 5) is 82.0. The molecule has 9 N–H and O–H groups in total. The number of rotatable bonds is 15. The zero-order chi connectivity index (χ0) is 56.3. The maximum absolute atomic E-state index is 14.5. The number of aliphatic hydroxyl groups excluding tert-OH is 4. The molecule has 1 spiro atoms. The van der Waals surface area contributed by atoms with E-state index < -0.39 is 102 Å². The molecule has 4 heterocycles. The van der Waals surface area contributed by atoms with E-state index >= 15 is 0 Å². The molecular weight excluding hydrogens is 987 g/mol. The number of nitrogens with one attached hydrogen (secondary N) is 4. The summed E-state index contributed by atoms with van der Waals surface area (Å²) in [6.07, 6.45) is 11.8. The maximum Gasteiger partial charge on any atom is 0.325 e. The minimum atomic E-state index is -1.43. The SMILES string of the molecule is CC[C@H]1C[C@@H]2C[C@H]3[C@@H](O)[C@@H](C)[C@H](C[C@H](O)[C@@H](C)CC/C=C/C=C(\C)[C@@H]4C/C=C/C=C/[C@H](O)[C@H](C)[C@@H](O)[C@@H](CCC(C)=O)C(=O)N[C@@H](C(C)C)C(=O)N[C@@H](Cc5cccc(O)c5)C(=O)N5CCCC(N5)C(=O)O4)O[C@]23NC1=O. The number of carbonyl (C=O) groups excluding carboxylic acids is 6. The Morgan fingerprint density at radius 1 is 0.961 bits per heavy atom. The van der Waals surface area contributed by atoms with E-state index in [-0.39, 0.29) is 79.3 Å². The van der Waals surface area contributed by atoms with Gasteiger partial charge >= 0.3 is 5.97 Å². The lowest BCUT2D eigenvalue weighted by Gasteiger charge is -2.65. The van der Waals surface area contributed by atoms with E-state index in [4.69, 9.17) is 9.47 Å². The first-order valence-electron chi connectivity index (χ1n) is 28.1. The number of carbonyl (C=O) groups is 6. The van der Waals surface area contributed by atoms with Gasteiger partial charge in [-0.2, -0.15) is 0 Å². The fraction of sp³-hybridized carbons (Fsp3) is 0.661. The lowest BCUT2D eigenvalue weighted by Crippen LogP contribution is -2.78. The Labute approximate surface area is 454 Å². The van der Waals surface area contributed by atoms with Gasteiger partial charge in [-0.25, -0.2) is 5.43 Å². The molecule has 0 radical (unpaired) electrons. The van der Waals surface area contributed by atoms with Gasteiger partial charge in [0.2, 0.25) is 17.7 Å². The summed E-state index contributed by atoms with van der Waals surface area (Å²) in [5.41, 5.74) is 3.41. The Morgan fingerprint density at radius 2 is 1.71 bits per heavy atom. The Bertz CT molecular complexity index is 2350. The van der Waals surface area contributed by atoms with Gasteiger partial charge in [0.15, 0.2) is 0 Å². The van der Waals surface area contributed by atoms with Crippen molar-refractivity contribution >= 4 is 35.4 Å². The minimum absolute atomic E-state index is 0.0312. The number of fused-ring (bicyclic) bond motifs is 2. The van der Waals surface area contributed by atoms with Crippen LogP contribution in [0.15, 0.2) is 72.4 Å². The number of ether oxygens (including phenoxy) is 2. The van der Waals surface area contributed by atoms with Gasteiger partial charge in [0.05, 0.1) is 36.4 Å². The average molecular weight is 1070 g/mol. The molecule has 2 bridgehead atoms. The molecule has 1 saturated carbocycles. The fourth-order valence-corrected chi connectivity index (χ4v) is 11.7. The number of esters is 1. The van der Waals surface area contributed by atoms with Gasteiger partial charge in [-0.05, 0) is 100 Å². The fourth-order valence-electron chi connectivity index (χ4n) is 11.7. The average Bonchev–Trinajstić information content (AvgIpc) is 3.39. The minimum Gasteiger partial charge on any atom is -0.508 e. The number of nitrogens with zero attached hydrogens (tertiary/aromatic N) is 1. The van der Waals surface area contributed by atoms with Crippen LogP contribution in [0.1, 0.15) is 132 Å². The van der Waals surface area contributed by atoms with Gasteiger partial charge in [-0.15, -0.1) is 0 Å². The zero-order valence-electron chi connectivity index (χ0n) is 46.3. The molecular formula is C59H87N5O13. The van der Waals surface area contributed by atoms with Gasteiger partial charge < -0.3 is 55.8 Å². The van der Waals surface area contributed by atoms with Gasteiger partial charge in [0, 0.05) is 61.8 Å². The van der Waals surface area contributed by atoms with Crippen LogP contribution in [0.4, 0.5) is 0 Å². The summed E-state index contributed by atoms with van der Waals surface area (Å²) < 4.78 is 12.9. The van der Waals surface area contributed by atoms with Crippen LogP contribution in [0.5, 0.6) is 5.75 Å². The number of hydrogen-bond acceptors (Lipinski definition) is 14. The Kier molecular flexibility index (Phi) is 21.8. The number of hydrazine groups is 1. The molecule has 17 atom stereocenters. The third kappa shape index (κ3) is 15.3. The summed E-state index contributed by atoms with van der Waals surface area (Å²) in [6, 6.07) is 2.91. The van der Waals surface area contributed by atoms with E-state index in [0.29, 0.717) is 43.2 Å². The van der Waals surface area contributed by atoms with E-state index in [1.807, 2.05) is 45.9 Å². The first kappa shape index (κ1) is 61.0. The predicted molar refractivity (Wildman–Crippen MR) is 289 cm³/mol. The van der Waals surface area contributed by atoms with Crippen molar-refractivity contribution in [2.75, 3.05) is 6.54 Å². The standard InChI is InChI=1S/C59H87N5O13/c1-9-40-30-41-31-44-53(70)38(8)50(77-59(41,44)62-54(40)71)32-48(68)34(4)18-12-10-13-19-35(5)49-24-15-11-14-23-47(67)37(7)52(69)43(26-25-36(6)65)55(72)61-51(33(2)3)56(73)60-46(29-39-20-16-21-42(66)28-39)57(74)64-27-17-22-45(63-64)58(75)76-49/h10-11,13-16,19-21,23,28,33-34,37-38,40-41,43-53,63,66-70H,9,12,17-18,22,24-27,29-32H2,1-8H3,(H,60,73)(H,61,72)(H,62,71)/b13-10+,15-11+,23-14+,35-19+/t34-,37-,38-,40-,41+,43+,44-,45?,46-,47-,48-,49-,50-,51-,52+,53-,59+/m0/s1. The second kappa shape index (κ2) is 27.6. The van der Waals surface area contributed by atoms with E-state index in [9.17, 15) is 54.3 Å². The topological polar surface area (TPSA) is 273 Å². The molecule has 1 aromatic carbocycles. The van der Waals surface area contributed by atoms with Crippen LogP contribution >= 0.6 is 0 Å². The smallest absolute Gasteiger partial charge is 0.325 e. The number of phenols is 1. The van der Waals surface area contributed by atoms with Crippen molar-refractivity contribution < 1.29 is 63.8 Å². The number of hydrogen-bond donors (Lipinski definition) is 9. The van der Waals surface area contributed by atoms with Crippen molar-refractivity contribution in [1.29, 1.82) is 0 Å². The van der Waals surface area contributed by atoms with Crippen molar-refractivity contribution in [2.24, 2.45) is 47.3 Å². The van der Waals surface area contributed by atoms with E-state index in [0.717, 1.165) is 19.3 Å². The summed E-state index contributed by atoms with van der Waals surface area (Å²) in [7, 11) is 0. The number of ketones is 1. The molecule has 6 rings (SSSR count). The molecule has 0 aromatic heterocycles. The molecule has 18 nitrogen and oxygen atoms in total. The van der Waals surface area contributed by atoms with E-state index in [2.05, 4.69) is 21.4 Å². The molecule has 4 fully saturated rings. The quantitative estimate of drug-likeness (QED) is 0.0846. The van der Waals surface area contributed by atoms with Gasteiger partial charge in [0.1, 0.15) is 41.5 Å². The number of allylic oxidation sites excluding steroid dienone is 5. The molecule has 1 unspecified atom stereocenters. The van der Waals surface area contributed by atoms with Crippen LogP contribution in [-0.4, -0.2) is 133 Å². The molecule has 18 heteroatoms. The van der Waals surface area contributed by atoms with Crippen LogP contribution < -0.4 is 21.4 Å². The van der Waals surface area contributed by atoms with Crippen molar-refractivity contribution in [2.45, 2.75) is 193 Å². The van der Waals surface area contributed by atoms with Gasteiger partial charge in [0.25, 0.3) is 5.91 Å².